The summed E-state index contributed by atoms with van der Waals surface area (Å²) < 4.78 is 0. The topological polar surface area (TPSA) is 0 Å². The van der Waals surface area contributed by atoms with Gasteiger partial charge in [-0.15, -0.1) is 0 Å². The summed E-state index contributed by atoms with van der Waals surface area (Å²) in [6.07, 6.45) is 22.0. The Morgan fingerprint density at radius 3 is 2.00 bits per heavy atom. The Labute approximate surface area is 75.0 Å². The minimum Gasteiger partial charge on any atom is -0.0879 e. The summed E-state index contributed by atoms with van der Waals surface area (Å²) in [6.45, 7) is 0. The van der Waals surface area contributed by atoms with Crippen LogP contribution < -0.4 is 0 Å². The van der Waals surface area contributed by atoms with E-state index in [0.29, 0.717) is 0 Å². The van der Waals surface area contributed by atoms with Crippen molar-refractivity contribution in [1.82, 2.24) is 0 Å². The molecule has 0 heteroatoms. The second kappa shape index (κ2) is 6.66. The third-order valence-electron chi connectivity index (χ3n) is 1.76. The summed E-state index contributed by atoms with van der Waals surface area (Å²) >= 11 is 0. The molecule has 0 bridgehead atoms. The Morgan fingerprint density at radius 1 is 0.500 bits per heavy atom. The summed E-state index contributed by atoms with van der Waals surface area (Å²) in [7, 11) is 0. The van der Waals surface area contributed by atoms with Gasteiger partial charge in [0.15, 0.2) is 0 Å². The number of allylic oxidation sites excluding steroid dienone is 8. The molecule has 1 aliphatic rings. The normalized spacial score (nSPS) is 29.3. The van der Waals surface area contributed by atoms with E-state index in [2.05, 4.69) is 48.6 Å². The minimum absolute atomic E-state index is 1.05. The molecular weight excluding hydrogens is 144 g/mol. The summed E-state index contributed by atoms with van der Waals surface area (Å²) in [5.41, 5.74) is 0. The van der Waals surface area contributed by atoms with E-state index in [1.165, 1.54) is 0 Å². The van der Waals surface area contributed by atoms with Gasteiger partial charge in [-0.05, 0) is 25.7 Å². The molecule has 0 aromatic carbocycles. The van der Waals surface area contributed by atoms with Crippen LogP contribution in [0.2, 0.25) is 0 Å². The molecular formula is C12H16. The molecule has 64 valence electrons. The maximum atomic E-state index is 2.25. The first-order valence-corrected chi connectivity index (χ1v) is 4.62. The zero-order chi connectivity index (χ0) is 8.49. The van der Waals surface area contributed by atoms with Crippen molar-refractivity contribution in [2.24, 2.45) is 0 Å². The van der Waals surface area contributed by atoms with E-state index in [9.17, 15) is 0 Å². The van der Waals surface area contributed by atoms with Crippen LogP contribution in [0.3, 0.4) is 0 Å². The molecule has 0 fully saturated rings. The maximum absolute atomic E-state index is 2.25. The van der Waals surface area contributed by atoms with Crippen molar-refractivity contribution in [3.63, 3.8) is 0 Å². The highest BCUT2D eigenvalue weighted by molar-refractivity contribution is 5.06. The van der Waals surface area contributed by atoms with Crippen molar-refractivity contribution in [1.29, 1.82) is 0 Å². The van der Waals surface area contributed by atoms with Gasteiger partial charge in [0, 0.05) is 0 Å². The predicted molar refractivity (Wildman–Crippen MR) is 55.0 cm³/mol. The standard InChI is InChI=1S/C12H16/c1-2-4-6-8-10-12-11-9-7-5-3-1/h1-4,7,9-10,12H,5-6,8,11H2/b3-1-,4-2+,9-7+,12-10+. The zero-order valence-corrected chi connectivity index (χ0v) is 7.45. The fourth-order valence-electron chi connectivity index (χ4n) is 1.09. The van der Waals surface area contributed by atoms with E-state index < -0.39 is 0 Å². The molecule has 0 radical (unpaired) electrons. The summed E-state index contributed by atoms with van der Waals surface area (Å²) in [5, 5.41) is 0. The fourth-order valence-corrected chi connectivity index (χ4v) is 1.09. The molecule has 0 heterocycles. The van der Waals surface area contributed by atoms with Crippen molar-refractivity contribution in [3.05, 3.63) is 48.6 Å². The van der Waals surface area contributed by atoms with Crippen LogP contribution in [-0.2, 0) is 0 Å². The van der Waals surface area contributed by atoms with Crippen molar-refractivity contribution >= 4 is 0 Å². The molecule has 0 nitrogen and oxygen atoms in total. The van der Waals surface area contributed by atoms with Crippen LogP contribution in [0.15, 0.2) is 48.6 Å². The van der Waals surface area contributed by atoms with Crippen LogP contribution in [0.4, 0.5) is 0 Å². The van der Waals surface area contributed by atoms with Gasteiger partial charge in [0.05, 0.1) is 0 Å². The predicted octanol–water partition coefficient (Wildman–Crippen LogP) is 3.79. The Kier molecular flexibility index (Phi) is 5.02. The van der Waals surface area contributed by atoms with Crippen molar-refractivity contribution < 1.29 is 0 Å². The van der Waals surface area contributed by atoms with Gasteiger partial charge in [-0.1, -0.05) is 48.6 Å². The SMILES string of the molecule is C1=C\C/C=C/C/C=C/CC/C=C/1. The molecule has 0 aromatic rings. The molecule has 0 aliphatic heterocycles. The van der Waals surface area contributed by atoms with E-state index in [1.807, 2.05) is 0 Å². The van der Waals surface area contributed by atoms with Crippen molar-refractivity contribution in [2.75, 3.05) is 0 Å². The van der Waals surface area contributed by atoms with Crippen LogP contribution in [0.5, 0.6) is 0 Å². The van der Waals surface area contributed by atoms with Crippen LogP contribution in [0.1, 0.15) is 25.7 Å². The summed E-state index contributed by atoms with van der Waals surface area (Å²) in [5.74, 6) is 0. The molecule has 0 N–H and O–H groups in total. The number of hydrogen-bond donors (Lipinski definition) is 0. The summed E-state index contributed by atoms with van der Waals surface area (Å²) in [4.78, 5) is 0. The van der Waals surface area contributed by atoms with E-state index in [1.54, 1.807) is 0 Å². The van der Waals surface area contributed by atoms with Gasteiger partial charge in [-0.25, -0.2) is 0 Å². The van der Waals surface area contributed by atoms with Gasteiger partial charge in [0.2, 0.25) is 0 Å². The van der Waals surface area contributed by atoms with E-state index in [-0.39, 0.29) is 0 Å². The Bertz CT molecular complexity index is 204. The van der Waals surface area contributed by atoms with Gasteiger partial charge in [0.25, 0.3) is 0 Å². The van der Waals surface area contributed by atoms with Crippen molar-refractivity contribution in [2.45, 2.75) is 25.7 Å². The van der Waals surface area contributed by atoms with Gasteiger partial charge in [0.1, 0.15) is 0 Å². The van der Waals surface area contributed by atoms with Gasteiger partial charge >= 0.3 is 0 Å². The first-order valence-electron chi connectivity index (χ1n) is 4.62. The lowest BCUT2D eigenvalue weighted by molar-refractivity contribution is 1.04. The molecule has 1 aliphatic carbocycles. The Balaban J connectivity index is 2.41. The highest BCUT2D eigenvalue weighted by Gasteiger charge is 1.77. The van der Waals surface area contributed by atoms with E-state index in [4.69, 9.17) is 0 Å². The lowest BCUT2D eigenvalue weighted by Gasteiger charge is -1.88. The molecule has 0 amide bonds. The number of rotatable bonds is 0. The quantitative estimate of drug-likeness (QED) is 0.473. The smallest absolute Gasteiger partial charge is 0.0166 e. The van der Waals surface area contributed by atoms with Gasteiger partial charge in [-0.3, -0.25) is 0 Å². The highest BCUT2D eigenvalue weighted by Crippen LogP contribution is 1.98. The Hall–Kier alpha value is -1.04. The largest absolute Gasteiger partial charge is 0.0879 e. The van der Waals surface area contributed by atoms with Crippen LogP contribution in [0.25, 0.3) is 0 Å². The molecule has 0 saturated carbocycles. The Morgan fingerprint density at radius 2 is 1.08 bits per heavy atom. The fraction of sp³-hybridized carbons (Fsp3) is 0.333. The molecule has 0 aromatic heterocycles. The summed E-state index contributed by atoms with van der Waals surface area (Å²) in [6, 6.07) is 0. The molecule has 12 heavy (non-hydrogen) atoms. The molecule has 0 atom stereocenters. The van der Waals surface area contributed by atoms with Gasteiger partial charge in [-0.2, -0.15) is 0 Å². The molecule has 1 rings (SSSR count). The van der Waals surface area contributed by atoms with E-state index >= 15 is 0 Å². The second-order valence-corrected chi connectivity index (χ2v) is 2.85. The van der Waals surface area contributed by atoms with E-state index in [0.717, 1.165) is 25.7 Å². The average molecular weight is 160 g/mol. The van der Waals surface area contributed by atoms with Crippen LogP contribution in [-0.4, -0.2) is 0 Å². The highest BCUT2D eigenvalue weighted by atomic mass is 13.8. The van der Waals surface area contributed by atoms with Crippen molar-refractivity contribution in [3.8, 4) is 0 Å². The van der Waals surface area contributed by atoms with Crippen LogP contribution >= 0.6 is 0 Å². The number of hydrogen-bond acceptors (Lipinski definition) is 0. The third-order valence-corrected chi connectivity index (χ3v) is 1.76. The monoisotopic (exact) mass is 160 g/mol. The average Bonchev–Trinajstić information content (AvgIpc) is 2.05. The zero-order valence-electron chi connectivity index (χ0n) is 7.45. The molecule has 0 unspecified atom stereocenters. The lowest BCUT2D eigenvalue weighted by atomic mass is 10.2. The first-order chi connectivity index (χ1) is 6.00. The molecule has 0 saturated heterocycles. The maximum Gasteiger partial charge on any atom is -0.0166 e. The van der Waals surface area contributed by atoms with Gasteiger partial charge < -0.3 is 0 Å². The third kappa shape index (κ3) is 4.73. The second-order valence-electron chi connectivity index (χ2n) is 2.85. The van der Waals surface area contributed by atoms with Crippen LogP contribution in [0, 0.1) is 0 Å². The molecule has 0 spiro atoms. The lowest BCUT2D eigenvalue weighted by Crippen LogP contribution is -1.67. The first kappa shape index (κ1) is 9.05. The minimum atomic E-state index is 1.05.